The third-order valence-electron chi connectivity index (χ3n) is 3.66. The van der Waals surface area contributed by atoms with Crippen molar-refractivity contribution in [3.05, 3.63) is 0 Å². The zero-order valence-electron chi connectivity index (χ0n) is 13.9. The standard InChI is InChI=1S/C15H25N3O4S/c1-15(2,3)22-14(21)18-9-23-8-11(18)13(20)17-10-6-4-5-7-16-12(10)19/h10-11H,4-9H2,1-3H3,(H,16,19)(H,17,20)/t10-,11-/m1/s1. The monoisotopic (exact) mass is 343 g/mol. The minimum Gasteiger partial charge on any atom is -0.444 e. The summed E-state index contributed by atoms with van der Waals surface area (Å²) in [5, 5.41) is 5.58. The second-order valence-electron chi connectivity index (χ2n) is 6.81. The maximum atomic E-state index is 12.5. The lowest BCUT2D eigenvalue weighted by atomic mass is 10.1. The van der Waals surface area contributed by atoms with Crippen LogP contribution in [0.5, 0.6) is 0 Å². The molecule has 0 aromatic rings. The van der Waals surface area contributed by atoms with Gasteiger partial charge in [-0.3, -0.25) is 14.5 Å². The number of hydrogen-bond acceptors (Lipinski definition) is 5. The molecule has 2 aliphatic heterocycles. The van der Waals surface area contributed by atoms with Gasteiger partial charge in [-0.25, -0.2) is 4.79 Å². The lowest BCUT2D eigenvalue weighted by Gasteiger charge is -2.28. The molecule has 2 saturated heterocycles. The van der Waals surface area contributed by atoms with Gasteiger partial charge in [0.2, 0.25) is 11.8 Å². The van der Waals surface area contributed by atoms with E-state index in [-0.39, 0.29) is 11.8 Å². The predicted octanol–water partition coefficient (Wildman–Crippen LogP) is 1.08. The van der Waals surface area contributed by atoms with E-state index in [0.717, 1.165) is 12.8 Å². The minimum absolute atomic E-state index is 0.148. The molecule has 0 aliphatic carbocycles. The molecule has 3 amide bonds. The van der Waals surface area contributed by atoms with Crippen LogP contribution >= 0.6 is 11.8 Å². The first-order chi connectivity index (χ1) is 10.8. The average Bonchev–Trinajstić information content (AvgIpc) is 2.85. The fourth-order valence-corrected chi connectivity index (χ4v) is 3.65. The van der Waals surface area contributed by atoms with Crippen LogP contribution in [0.3, 0.4) is 0 Å². The van der Waals surface area contributed by atoms with Gasteiger partial charge < -0.3 is 15.4 Å². The molecule has 0 bridgehead atoms. The van der Waals surface area contributed by atoms with Crippen LogP contribution in [0.4, 0.5) is 4.79 Å². The van der Waals surface area contributed by atoms with Crippen LogP contribution in [0.2, 0.25) is 0 Å². The van der Waals surface area contributed by atoms with Gasteiger partial charge in [0.05, 0.1) is 5.88 Å². The fourth-order valence-electron chi connectivity index (χ4n) is 2.51. The van der Waals surface area contributed by atoms with E-state index in [1.807, 2.05) is 0 Å². The Morgan fingerprint density at radius 2 is 2.09 bits per heavy atom. The SMILES string of the molecule is CC(C)(C)OC(=O)N1CSC[C@@H]1C(=O)N[C@@H]1CCCCNC1=O. The number of carbonyl (C=O) groups is 3. The summed E-state index contributed by atoms with van der Waals surface area (Å²) in [6, 6.07) is -1.11. The Bertz CT molecular complexity index is 478. The van der Waals surface area contributed by atoms with Gasteiger partial charge in [-0.2, -0.15) is 0 Å². The molecule has 0 spiro atoms. The van der Waals surface area contributed by atoms with Crippen LogP contribution in [0.15, 0.2) is 0 Å². The largest absolute Gasteiger partial charge is 0.444 e. The Labute approximate surface area is 140 Å². The Morgan fingerprint density at radius 1 is 1.35 bits per heavy atom. The number of ether oxygens (including phenoxy) is 1. The van der Waals surface area contributed by atoms with E-state index in [2.05, 4.69) is 10.6 Å². The summed E-state index contributed by atoms with van der Waals surface area (Å²) in [4.78, 5) is 38.1. The highest BCUT2D eigenvalue weighted by Gasteiger charge is 2.38. The van der Waals surface area contributed by atoms with Crippen LogP contribution in [-0.2, 0) is 14.3 Å². The maximum Gasteiger partial charge on any atom is 0.411 e. The summed E-state index contributed by atoms with van der Waals surface area (Å²) < 4.78 is 5.35. The van der Waals surface area contributed by atoms with Crippen LogP contribution < -0.4 is 10.6 Å². The molecule has 2 heterocycles. The molecule has 0 radical (unpaired) electrons. The van der Waals surface area contributed by atoms with Gasteiger partial charge in [0.25, 0.3) is 0 Å². The molecule has 0 unspecified atom stereocenters. The Balaban J connectivity index is 1.97. The van der Waals surface area contributed by atoms with E-state index in [9.17, 15) is 14.4 Å². The Morgan fingerprint density at radius 3 is 2.78 bits per heavy atom. The molecule has 7 nitrogen and oxygen atoms in total. The molecular formula is C15H25N3O4S. The molecule has 0 saturated carbocycles. The zero-order chi connectivity index (χ0) is 17.0. The molecule has 2 rings (SSSR count). The van der Waals surface area contributed by atoms with Gasteiger partial charge in [0, 0.05) is 12.3 Å². The summed E-state index contributed by atoms with van der Waals surface area (Å²) >= 11 is 1.50. The number of thioether (sulfide) groups is 1. The Kier molecular flexibility index (Phi) is 5.78. The van der Waals surface area contributed by atoms with Gasteiger partial charge in [-0.1, -0.05) is 0 Å². The third kappa shape index (κ3) is 5.02. The van der Waals surface area contributed by atoms with Gasteiger partial charge in [0.1, 0.15) is 17.7 Å². The van der Waals surface area contributed by atoms with Crippen molar-refractivity contribution in [3.63, 3.8) is 0 Å². The first-order valence-corrected chi connectivity index (χ1v) is 9.09. The van der Waals surface area contributed by atoms with Gasteiger partial charge in [0.15, 0.2) is 0 Å². The van der Waals surface area contributed by atoms with Crippen molar-refractivity contribution in [1.82, 2.24) is 15.5 Å². The Hall–Kier alpha value is -1.44. The topological polar surface area (TPSA) is 87.7 Å². The highest BCUT2D eigenvalue weighted by molar-refractivity contribution is 7.99. The highest BCUT2D eigenvalue weighted by atomic mass is 32.2. The molecule has 0 aromatic carbocycles. The van der Waals surface area contributed by atoms with Crippen molar-refractivity contribution in [3.8, 4) is 0 Å². The van der Waals surface area contributed by atoms with Crippen LogP contribution in [0.25, 0.3) is 0 Å². The summed E-state index contributed by atoms with van der Waals surface area (Å²) in [5.74, 6) is 0.497. The van der Waals surface area contributed by atoms with Gasteiger partial charge >= 0.3 is 6.09 Å². The maximum absolute atomic E-state index is 12.5. The first kappa shape index (κ1) is 17.9. The van der Waals surface area contributed by atoms with E-state index >= 15 is 0 Å². The molecule has 2 atom stereocenters. The summed E-state index contributed by atoms with van der Waals surface area (Å²) in [7, 11) is 0. The van der Waals surface area contributed by atoms with Crippen LogP contribution in [-0.4, -0.2) is 58.7 Å². The molecule has 2 aliphatic rings. The van der Waals surface area contributed by atoms with Crippen LogP contribution in [0.1, 0.15) is 40.0 Å². The number of carbonyl (C=O) groups excluding carboxylic acids is 3. The number of nitrogens with zero attached hydrogens (tertiary/aromatic N) is 1. The van der Waals surface area contributed by atoms with Crippen molar-refractivity contribution < 1.29 is 19.1 Å². The van der Waals surface area contributed by atoms with E-state index in [0.29, 0.717) is 24.6 Å². The van der Waals surface area contributed by atoms with E-state index < -0.39 is 23.8 Å². The van der Waals surface area contributed by atoms with E-state index in [1.165, 1.54) is 16.7 Å². The fraction of sp³-hybridized carbons (Fsp3) is 0.800. The molecule has 8 heteroatoms. The van der Waals surface area contributed by atoms with Crippen LogP contribution in [0, 0.1) is 0 Å². The number of amides is 3. The van der Waals surface area contributed by atoms with Crippen molar-refractivity contribution >= 4 is 29.7 Å². The molecule has 2 N–H and O–H groups in total. The van der Waals surface area contributed by atoms with E-state index in [1.54, 1.807) is 20.8 Å². The predicted molar refractivity (Wildman–Crippen MR) is 88.0 cm³/mol. The quantitative estimate of drug-likeness (QED) is 0.783. The summed E-state index contributed by atoms with van der Waals surface area (Å²) in [6.45, 7) is 6.02. The number of rotatable bonds is 2. The molecule has 23 heavy (non-hydrogen) atoms. The first-order valence-electron chi connectivity index (χ1n) is 7.93. The van der Waals surface area contributed by atoms with Crippen molar-refractivity contribution in [2.45, 2.75) is 57.7 Å². The lowest BCUT2D eigenvalue weighted by Crippen LogP contribution is -2.53. The zero-order valence-corrected chi connectivity index (χ0v) is 14.7. The second kappa shape index (κ2) is 7.42. The van der Waals surface area contributed by atoms with Crippen molar-refractivity contribution in [2.24, 2.45) is 0 Å². The second-order valence-corrected chi connectivity index (χ2v) is 7.81. The number of hydrogen-bond donors (Lipinski definition) is 2. The molecule has 2 fully saturated rings. The lowest BCUT2D eigenvalue weighted by molar-refractivity contribution is -0.131. The number of nitrogens with one attached hydrogen (secondary N) is 2. The van der Waals surface area contributed by atoms with Gasteiger partial charge in [-0.05, 0) is 40.0 Å². The van der Waals surface area contributed by atoms with Crippen molar-refractivity contribution in [2.75, 3.05) is 18.2 Å². The van der Waals surface area contributed by atoms with Gasteiger partial charge in [-0.15, -0.1) is 11.8 Å². The minimum atomic E-state index is -0.605. The molecular weight excluding hydrogens is 318 g/mol. The average molecular weight is 343 g/mol. The normalized spacial score (nSPS) is 25.5. The van der Waals surface area contributed by atoms with Crippen molar-refractivity contribution in [1.29, 1.82) is 0 Å². The third-order valence-corrected chi connectivity index (χ3v) is 4.68. The summed E-state index contributed by atoms with van der Waals surface area (Å²) in [6.07, 6.45) is 1.94. The molecule has 130 valence electrons. The smallest absolute Gasteiger partial charge is 0.411 e. The molecule has 0 aromatic heterocycles. The van der Waals surface area contributed by atoms with E-state index in [4.69, 9.17) is 4.74 Å². The highest BCUT2D eigenvalue weighted by Crippen LogP contribution is 2.24. The summed E-state index contributed by atoms with van der Waals surface area (Å²) in [5.41, 5.74) is -0.605.